The highest BCUT2D eigenvalue weighted by molar-refractivity contribution is 5.92. The minimum Gasteiger partial charge on any atom is -0.378 e. The second-order valence-electron chi connectivity index (χ2n) is 17.8. The fourth-order valence-electron chi connectivity index (χ4n) is 9.44. The Kier molecular flexibility index (Phi) is 14.3. The zero-order chi connectivity index (χ0) is 42.3. The lowest BCUT2D eigenvalue weighted by Crippen LogP contribution is -2.58. The second-order valence-corrected chi connectivity index (χ2v) is 17.8. The van der Waals surface area contributed by atoms with E-state index < -0.39 is 18.1 Å². The van der Waals surface area contributed by atoms with Crippen LogP contribution in [0.1, 0.15) is 102 Å². The third-order valence-electron chi connectivity index (χ3n) is 13.1. The number of nitrogens with one attached hydrogen (secondary N) is 4. The predicted molar refractivity (Wildman–Crippen MR) is 225 cm³/mol. The average Bonchev–Trinajstić information content (AvgIpc) is 4.07. The van der Waals surface area contributed by atoms with Crippen LogP contribution in [-0.4, -0.2) is 149 Å². The average molecular weight is 832 g/mol. The van der Waals surface area contributed by atoms with E-state index in [2.05, 4.69) is 45.2 Å². The van der Waals surface area contributed by atoms with Crippen molar-refractivity contribution in [2.45, 2.75) is 115 Å². The monoisotopic (exact) mass is 832 g/mol. The third kappa shape index (κ3) is 10.1. The lowest BCUT2D eigenvalue weighted by molar-refractivity contribution is -0.141. The molecule has 7 rings (SSSR count). The lowest BCUT2D eigenvalue weighted by atomic mass is 9.81. The molecule has 2 aromatic rings. The largest absolute Gasteiger partial charge is 0.378 e. The maximum absolute atomic E-state index is 13.9. The molecule has 5 heterocycles. The summed E-state index contributed by atoms with van der Waals surface area (Å²) in [6.07, 6.45) is 8.49. The highest BCUT2D eigenvalue weighted by Gasteiger charge is 2.41. The Bertz CT molecular complexity index is 1800. The number of hydrogen-bond donors (Lipinski definition) is 4. The topological polar surface area (TPSA) is 182 Å². The van der Waals surface area contributed by atoms with E-state index in [1.54, 1.807) is 14.7 Å². The van der Waals surface area contributed by atoms with Crippen molar-refractivity contribution in [2.75, 3.05) is 65.7 Å². The third-order valence-corrected chi connectivity index (χ3v) is 13.1. The summed E-state index contributed by atoms with van der Waals surface area (Å²) in [7, 11) is 0. The van der Waals surface area contributed by atoms with Gasteiger partial charge in [0.2, 0.25) is 17.7 Å². The number of imidazole rings is 1. The van der Waals surface area contributed by atoms with Gasteiger partial charge in [0, 0.05) is 45.3 Å². The molecule has 16 nitrogen and oxygen atoms in total. The molecule has 5 aliphatic rings. The molecule has 1 aliphatic carbocycles. The number of hydrogen-bond acceptors (Lipinski definition) is 8. The summed E-state index contributed by atoms with van der Waals surface area (Å²) in [5, 5.41) is 9.23. The number of benzene rings is 1. The Morgan fingerprint density at radius 2 is 1.22 bits per heavy atom. The number of morpholine rings is 2. The van der Waals surface area contributed by atoms with Gasteiger partial charge in [0.1, 0.15) is 23.9 Å². The van der Waals surface area contributed by atoms with Crippen molar-refractivity contribution in [1.29, 1.82) is 0 Å². The van der Waals surface area contributed by atoms with Crippen LogP contribution in [0.15, 0.2) is 30.5 Å². The molecule has 5 fully saturated rings. The molecule has 16 heteroatoms. The van der Waals surface area contributed by atoms with Crippen molar-refractivity contribution in [3.63, 3.8) is 0 Å². The van der Waals surface area contributed by atoms with Crippen molar-refractivity contribution in [1.82, 2.24) is 45.5 Å². The number of carbonyl (C=O) groups is 5. The maximum Gasteiger partial charge on any atom is 0.318 e. The molecule has 60 heavy (non-hydrogen) atoms. The van der Waals surface area contributed by atoms with Gasteiger partial charge in [-0.05, 0) is 80.2 Å². The van der Waals surface area contributed by atoms with Crippen LogP contribution in [0.5, 0.6) is 0 Å². The normalized spacial score (nSPS) is 24.7. The van der Waals surface area contributed by atoms with E-state index in [0.29, 0.717) is 78.0 Å². The number of ether oxygens (including phenoxy) is 2. The Labute approximate surface area is 353 Å². The number of nitrogens with zero attached hydrogens (tertiary/aromatic N) is 5. The van der Waals surface area contributed by atoms with Gasteiger partial charge in [-0.25, -0.2) is 14.6 Å². The number of urea groups is 2. The first-order chi connectivity index (χ1) is 29.0. The molecule has 4 N–H and O–H groups in total. The number of carbonyl (C=O) groups excluding carboxylic acids is 5. The van der Waals surface area contributed by atoms with Gasteiger partial charge in [0.15, 0.2) is 0 Å². The summed E-state index contributed by atoms with van der Waals surface area (Å²) in [5.41, 5.74) is 3.17. The Hall–Kier alpha value is -4.70. The van der Waals surface area contributed by atoms with Gasteiger partial charge >= 0.3 is 12.1 Å². The number of rotatable bonds is 11. The first kappa shape index (κ1) is 43.4. The van der Waals surface area contributed by atoms with Crippen LogP contribution < -0.4 is 16.0 Å². The summed E-state index contributed by atoms with van der Waals surface area (Å²) in [6.45, 7) is 12.9. The van der Waals surface area contributed by atoms with Crippen molar-refractivity contribution in [3.8, 4) is 11.3 Å². The fraction of sp³-hybridized carbons (Fsp3) is 0.682. The molecule has 7 amide bonds. The van der Waals surface area contributed by atoms with Crippen LogP contribution in [0.2, 0.25) is 0 Å². The highest BCUT2D eigenvalue weighted by atomic mass is 16.5. The Morgan fingerprint density at radius 3 is 1.78 bits per heavy atom. The summed E-state index contributed by atoms with van der Waals surface area (Å²) < 4.78 is 10.8. The van der Waals surface area contributed by atoms with E-state index in [0.717, 1.165) is 62.0 Å². The zero-order valence-electron chi connectivity index (χ0n) is 35.8. The first-order valence-electron chi connectivity index (χ1n) is 22.3. The molecule has 4 saturated heterocycles. The molecule has 0 radical (unpaired) electrons. The second kappa shape index (κ2) is 19.8. The zero-order valence-corrected chi connectivity index (χ0v) is 35.8. The number of likely N-dealkylation sites (tertiary alicyclic amines) is 2. The number of H-pyrrole nitrogens is 1. The molecule has 0 unspecified atom stereocenters. The predicted octanol–water partition coefficient (Wildman–Crippen LogP) is 4.01. The number of amides is 7. The number of aromatic nitrogens is 2. The molecular weight excluding hydrogens is 767 g/mol. The van der Waals surface area contributed by atoms with Gasteiger partial charge in [-0.15, -0.1) is 0 Å². The molecule has 1 aromatic heterocycles. The molecule has 0 bridgehead atoms. The van der Waals surface area contributed by atoms with Crippen LogP contribution in [0.3, 0.4) is 0 Å². The molecule has 328 valence electrons. The van der Waals surface area contributed by atoms with E-state index in [1.807, 2.05) is 38.8 Å². The van der Waals surface area contributed by atoms with Crippen LogP contribution in [-0.2, 0) is 23.9 Å². The highest BCUT2D eigenvalue weighted by Crippen LogP contribution is 2.36. The van der Waals surface area contributed by atoms with Crippen molar-refractivity contribution >= 4 is 29.8 Å². The molecular formula is C44H65N9O7. The van der Waals surface area contributed by atoms with Crippen LogP contribution >= 0.6 is 0 Å². The van der Waals surface area contributed by atoms with E-state index in [1.165, 1.54) is 5.56 Å². The molecule has 4 aliphatic heterocycles. The smallest absolute Gasteiger partial charge is 0.318 e. The SMILES string of the molecule is CC(C)[C@@H](NC(=O)N1CCOCC1)C(=O)N1CCC[C@H]1C(=O)N[C@H]1CC[C@@H](c2ccc(-c3cnc([C@@H]4CCCN4C(=O)[C@H](NC(=O)N4CCOCC4)C(C)C)[nH]3)cc2)CC1. The Balaban J connectivity index is 0.898. The first-order valence-corrected chi connectivity index (χ1v) is 22.3. The Morgan fingerprint density at radius 1 is 0.683 bits per heavy atom. The molecule has 4 atom stereocenters. The standard InChI is InChI=1S/C44H65N9O7/c1-28(2)37(48-43(57)50-19-23-59-24-20-50)41(55)52-17-5-7-35(52)39-45-27-34(47-39)32-11-9-30(10-12-32)31-13-15-33(16-14-31)46-40(54)36-8-6-18-53(36)42(56)38(29(3)4)49-44(58)51-21-25-60-26-22-51/h9-12,27-29,31,33,35-38H,5-8,13-26H2,1-4H3,(H,45,47)(H,46,54)(H,48,57)(H,49,58)/t31-,33+,35-,36-,37+,38+/m0/s1. The van der Waals surface area contributed by atoms with Gasteiger partial charge < -0.3 is 50.0 Å². The van der Waals surface area contributed by atoms with Crippen molar-refractivity contribution in [2.24, 2.45) is 11.8 Å². The lowest BCUT2D eigenvalue weighted by Gasteiger charge is -2.34. The summed E-state index contributed by atoms with van der Waals surface area (Å²) in [5.74, 6) is 0.558. The van der Waals surface area contributed by atoms with Crippen LogP contribution in [0.4, 0.5) is 9.59 Å². The van der Waals surface area contributed by atoms with Gasteiger partial charge in [0.05, 0.1) is 44.4 Å². The van der Waals surface area contributed by atoms with Gasteiger partial charge in [0.25, 0.3) is 0 Å². The molecule has 0 spiro atoms. The summed E-state index contributed by atoms with van der Waals surface area (Å²) in [6, 6.07) is 6.10. The van der Waals surface area contributed by atoms with E-state index in [4.69, 9.17) is 14.5 Å². The summed E-state index contributed by atoms with van der Waals surface area (Å²) >= 11 is 0. The van der Waals surface area contributed by atoms with Crippen molar-refractivity contribution < 1.29 is 33.4 Å². The van der Waals surface area contributed by atoms with Gasteiger partial charge in [-0.3, -0.25) is 14.4 Å². The maximum atomic E-state index is 13.9. The minimum atomic E-state index is -0.704. The number of aromatic amines is 1. The van der Waals surface area contributed by atoms with Crippen molar-refractivity contribution in [3.05, 3.63) is 41.9 Å². The van der Waals surface area contributed by atoms with Crippen LogP contribution in [0.25, 0.3) is 11.3 Å². The minimum absolute atomic E-state index is 0.0507. The molecule has 1 saturated carbocycles. The van der Waals surface area contributed by atoms with Crippen LogP contribution in [0, 0.1) is 11.8 Å². The molecule has 1 aromatic carbocycles. The van der Waals surface area contributed by atoms with E-state index in [-0.39, 0.29) is 53.7 Å². The van der Waals surface area contributed by atoms with E-state index in [9.17, 15) is 24.0 Å². The van der Waals surface area contributed by atoms with Gasteiger partial charge in [-0.2, -0.15) is 0 Å². The van der Waals surface area contributed by atoms with Gasteiger partial charge in [-0.1, -0.05) is 52.0 Å². The van der Waals surface area contributed by atoms with E-state index >= 15 is 0 Å². The quantitative estimate of drug-likeness (QED) is 0.262. The fourth-order valence-corrected chi connectivity index (χ4v) is 9.44. The summed E-state index contributed by atoms with van der Waals surface area (Å²) in [4.78, 5) is 82.5.